The van der Waals surface area contributed by atoms with Gasteiger partial charge in [-0.25, -0.2) is 0 Å². The van der Waals surface area contributed by atoms with Crippen LogP contribution in [0.5, 0.6) is 5.75 Å². The fourth-order valence-corrected chi connectivity index (χ4v) is 3.02. The zero-order chi connectivity index (χ0) is 12.4. The Morgan fingerprint density at radius 3 is 2.76 bits per heavy atom. The molecule has 0 amide bonds. The van der Waals surface area contributed by atoms with Gasteiger partial charge >= 0.3 is 0 Å². The highest BCUT2D eigenvalue weighted by Crippen LogP contribution is 2.34. The zero-order valence-corrected chi connectivity index (χ0v) is 13.1. The molecule has 0 aliphatic heterocycles. The summed E-state index contributed by atoms with van der Waals surface area (Å²) in [7, 11) is 0. The lowest BCUT2D eigenvalue weighted by Gasteiger charge is -2.40. The van der Waals surface area contributed by atoms with E-state index in [0.29, 0.717) is 4.83 Å². The van der Waals surface area contributed by atoms with Crippen molar-refractivity contribution < 1.29 is 9.47 Å². The maximum Gasteiger partial charge on any atom is 0.127 e. The Hall–Kier alpha value is -0.0600. The largest absolute Gasteiger partial charge is 0.488 e. The molecule has 0 saturated heterocycles. The second-order valence-corrected chi connectivity index (χ2v) is 6.27. The van der Waals surface area contributed by atoms with E-state index in [4.69, 9.17) is 9.47 Å². The van der Waals surface area contributed by atoms with Crippen LogP contribution in [0.25, 0.3) is 0 Å². The van der Waals surface area contributed by atoms with Crippen molar-refractivity contribution in [3.8, 4) is 5.75 Å². The first-order valence-electron chi connectivity index (χ1n) is 5.80. The van der Waals surface area contributed by atoms with Crippen molar-refractivity contribution >= 4 is 31.9 Å². The number of hydrogen-bond acceptors (Lipinski definition) is 2. The van der Waals surface area contributed by atoms with Gasteiger partial charge in [0.05, 0.1) is 0 Å². The molecule has 0 aromatic heterocycles. The quantitative estimate of drug-likeness (QED) is 0.750. The van der Waals surface area contributed by atoms with Crippen LogP contribution in [0, 0.1) is 6.92 Å². The highest BCUT2D eigenvalue weighted by Gasteiger charge is 2.42. The highest BCUT2D eigenvalue weighted by atomic mass is 79.9. The minimum Gasteiger partial charge on any atom is -0.488 e. The van der Waals surface area contributed by atoms with Crippen molar-refractivity contribution in [3.05, 3.63) is 28.2 Å². The summed E-state index contributed by atoms with van der Waals surface area (Å²) in [6.07, 6.45) is 1.34. The normalized spacial score (nSPS) is 27.6. The van der Waals surface area contributed by atoms with Crippen LogP contribution in [-0.4, -0.2) is 23.6 Å². The summed E-state index contributed by atoms with van der Waals surface area (Å²) in [4.78, 5) is 0.420. The molecule has 3 unspecified atom stereocenters. The SMILES string of the molecule is CCOC1C(Br)CC1Oc1ccc(Br)c(C)c1. The average Bonchev–Trinajstić information content (AvgIpc) is 2.30. The fraction of sp³-hybridized carbons (Fsp3) is 0.538. The lowest BCUT2D eigenvalue weighted by atomic mass is 9.91. The summed E-state index contributed by atoms with van der Waals surface area (Å²) >= 11 is 7.08. The molecule has 0 heterocycles. The molecule has 1 aliphatic carbocycles. The summed E-state index contributed by atoms with van der Waals surface area (Å²) in [6.45, 7) is 4.80. The summed E-state index contributed by atoms with van der Waals surface area (Å²) in [5, 5.41) is 0. The number of ether oxygens (including phenoxy) is 2. The molecule has 0 radical (unpaired) electrons. The van der Waals surface area contributed by atoms with E-state index >= 15 is 0 Å². The summed E-state index contributed by atoms with van der Waals surface area (Å²) in [5.41, 5.74) is 1.19. The van der Waals surface area contributed by atoms with Crippen LogP contribution >= 0.6 is 31.9 Å². The third-order valence-corrected chi connectivity index (χ3v) is 4.74. The molecule has 0 bridgehead atoms. The Labute approximate surface area is 119 Å². The van der Waals surface area contributed by atoms with Gasteiger partial charge in [0.25, 0.3) is 0 Å². The molecule has 1 aromatic rings. The van der Waals surface area contributed by atoms with Crippen molar-refractivity contribution in [2.24, 2.45) is 0 Å². The van der Waals surface area contributed by atoms with E-state index in [1.54, 1.807) is 0 Å². The fourth-order valence-electron chi connectivity index (χ4n) is 1.91. The number of hydrogen-bond donors (Lipinski definition) is 0. The second kappa shape index (κ2) is 5.72. The molecule has 1 aliphatic rings. The Balaban J connectivity index is 1.99. The van der Waals surface area contributed by atoms with Gasteiger partial charge in [-0.1, -0.05) is 31.9 Å². The topological polar surface area (TPSA) is 18.5 Å². The van der Waals surface area contributed by atoms with Gasteiger partial charge in [-0.05, 0) is 37.6 Å². The number of rotatable bonds is 4. The average molecular weight is 364 g/mol. The molecule has 3 atom stereocenters. The number of alkyl halides is 1. The lowest BCUT2D eigenvalue weighted by molar-refractivity contribution is -0.0723. The second-order valence-electron chi connectivity index (χ2n) is 4.24. The molecular formula is C13H16Br2O2. The van der Waals surface area contributed by atoms with Crippen LogP contribution in [0.3, 0.4) is 0 Å². The highest BCUT2D eigenvalue weighted by molar-refractivity contribution is 9.10. The maximum absolute atomic E-state index is 5.95. The van der Waals surface area contributed by atoms with E-state index in [1.165, 1.54) is 5.56 Å². The van der Waals surface area contributed by atoms with Crippen molar-refractivity contribution in [2.45, 2.75) is 37.3 Å². The van der Waals surface area contributed by atoms with E-state index in [-0.39, 0.29) is 12.2 Å². The van der Waals surface area contributed by atoms with Gasteiger partial charge in [0.1, 0.15) is 18.0 Å². The van der Waals surface area contributed by atoms with Crippen LogP contribution in [0.2, 0.25) is 0 Å². The van der Waals surface area contributed by atoms with Gasteiger partial charge < -0.3 is 9.47 Å². The first kappa shape index (κ1) is 13.4. The van der Waals surface area contributed by atoms with E-state index < -0.39 is 0 Å². The van der Waals surface area contributed by atoms with Gasteiger partial charge in [0.15, 0.2) is 0 Å². The lowest BCUT2D eigenvalue weighted by Crippen LogP contribution is -2.52. The van der Waals surface area contributed by atoms with Gasteiger partial charge in [0.2, 0.25) is 0 Å². The van der Waals surface area contributed by atoms with Crippen molar-refractivity contribution in [1.82, 2.24) is 0 Å². The molecule has 1 fully saturated rings. The Kier molecular flexibility index (Phi) is 4.50. The third kappa shape index (κ3) is 3.04. The molecule has 2 nitrogen and oxygen atoms in total. The molecule has 4 heteroatoms. The molecule has 0 spiro atoms. The molecular weight excluding hydrogens is 348 g/mol. The Morgan fingerprint density at radius 2 is 2.18 bits per heavy atom. The van der Waals surface area contributed by atoms with Crippen LogP contribution in [0.1, 0.15) is 18.9 Å². The standard InChI is InChI=1S/C13H16Br2O2/c1-3-16-13-11(15)7-12(13)17-9-4-5-10(14)8(2)6-9/h4-6,11-13H,3,7H2,1-2H3. The molecule has 0 N–H and O–H groups in total. The van der Waals surface area contributed by atoms with E-state index in [2.05, 4.69) is 44.8 Å². The first-order valence-corrected chi connectivity index (χ1v) is 7.51. The van der Waals surface area contributed by atoms with Crippen LogP contribution in [-0.2, 0) is 4.74 Å². The van der Waals surface area contributed by atoms with Crippen molar-refractivity contribution in [2.75, 3.05) is 6.61 Å². The first-order chi connectivity index (χ1) is 8.11. The number of halogens is 2. The van der Waals surface area contributed by atoms with Gasteiger partial charge in [0, 0.05) is 22.3 Å². The molecule has 1 saturated carbocycles. The monoisotopic (exact) mass is 362 g/mol. The Morgan fingerprint density at radius 1 is 1.41 bits per heavy atom. The predicted molar refractivity (Wildman–Crippen MR) is 76.0 cm³/mol. The van der Waals surface area contributed by atoms with Crippen LogP contribution in [0.4, 0.5) is 0 Å². The van der Waals surface area contributed by atoms with Gasteiger partial charge in [-0.15, -0.1) is 0 Å². The molecule has 1 aromatic carbocycles. The third-order valence-electron chi connectivity index (χ3n) is 2.96. The van der Waals surface area contributed by atoms with Gasteiger partial charge in [-0.3, -0.25) is 0 Å². The minimum absolute atomic E-state index is 0.167. The van der Waals surface area contributed by atoms with Crippen LogP contribution < -0.4 is 4.74 Å². The Bertz CT molecular complexity index is 395. The molecule has 2 rings (SSSR count). The maximum atomic E-state index is 5.95. The van der Waals surface area contributed by atoms with E-state index in [0.717, 1.165) is 23.2 Å². The summed E-state index contributed by atoms with van der Waals surface area (Å²) < 4.78 is 12.7. The van der Waals surface area contributed by atoms with Gasteiger partial charge in [-0.2, -0.15) is 0 Å². The molecule has 94 valence electrons. The number of benzene rings is 1. The van der Waals surface area contributed by atoms with Crippen molar-refractivity contribution in [1.29, 1.82) is 0 Å². The van der Waals surface area contributed by atoms with E-state index in [9.17, 15) is 0 Å². The van der Waals surface area contributed by atoms with Crippen LogP contribution in [0.15, 0.2) is 22.7 Å². The predicted octanol–water partition coefficient (Wildman–Crippen LogP) is 4.08. The number of aryl methyl sites for hydroxylation is 1. The van der Waals surface area contributed by atoms with Crippen molar-refractivity contribution in [3.63, 3.8) is 0 Å². The molecule has 17 heavy (non-hydrogen) atoms. The summed E-state index contributed by atoms with van der Waals surface area (Å²) in [6, 6.07) is 6.06. The smallest absolute Gasteiger partial charge is 0.127 e. The minimum atomic E-state index is 0.167. The van der Waals surface area contributed by atoms with E-state index in [1.807, 2.05) is 19.1 Å². The summed E-state index contributed by atoms with van der Waals surface area (Å²) in [5.74, 6) is 0.916. The zero-order valence-electron chi connectivity index (χ0n) is 9.95.